The molecule has 2 aliphatic heterocycles. The van der Waals surface area contributed by atoms with Crippen LogP contribution in [0.1, 0.15) is 28.8 Å². The molecule has 12 nitrogen and oxygen atoms in total. The standard InChI is InChI=1S/C33H35F3N6O6S/c34-23-8-10-42(19-23)49(46,47)39-28-7-6-27(35)30(31(28)36)32(45)26-18-38-33-25(26)16-22(17-37-33)21-2-4-24(5-3-21)41-13-11-40(12-14-41)9-1-15-48-20-29(43)44/h2-7,16-18,23,39H,1,8-15,19-20H2,(H,37,38)(H,43,44)/t23-/m1/s1. The molecular formula is C33H35F3N6O6S. The van der Waals surface area contributed by atoms with Gasteiger partial charge < -0.3 is 19.7 Å². The van der Waals surface area contributed by atoms with Gasteiger partial charge >= 0.3 is 16.2 Å². The maximum atomic E-state index is 15.6. The lowest BCUT2D eigenvalue weighted by atomic mass is 9.99. The van der Waals surface area contributed by atoms with Gasteiger partial charge in [-0.1, -0.05) is 12.1 Å². The summed E-state index contributed by atoms with van der Waals surface area (Å²) in [5.41, 5.74) is 1.22. The number of ether oxygens (including phenoxy) is 1. The van der Waals surface area contributed by atoms with E-state index in [0.29, 0.717) is 23.2 Å². The highest BCUT2D eigenvalue weighted by Crippen LogP contribution is 2.31. The van der Waals surface area contributed by atoms with Crippen LogP contribution in [0.25, 0.3) is 22.2 Å². The van der Waals surface area contributed by atoms with Crippen molar-refractivity contribution in [3.05, 3.63) is 77.6 Å². The molecule has 6 rings (SSSR count). The van der Waals surface area contributed by atoms with Gasteiger partial charge in [0.25, 0.3) is 0 Å². The van der Waals surface area contributed by atoms with Crippen LogP contribution >= 0.6 is 0 Å². The van der Waals surface area contributed by atoms with Crippen LogP contribution < -0.4 is 9.62 Å². The largest absolute Gasteiger partial charge is 0.480 e. The number of halogens is 3. The van der Waals surface area contributed by atoms with Crippen molar-refractivity contribution in [2.24, 2.45) is 0 Å². The Hall–Kier alpha value is -4.51. The zero-order valence-corrected chi connectivity index (χ0v) is 27.2. The van der Waals surface area contributed by atoms with E-state index >= 15 is 4.39 Å². The van der Waals surface area contributed by atoms with Gasteiger partial charge in [-0.05, 0) is 48.7 Å². The fourth-order valence-corrected chi connectivity index (χ4v) is 7.35. The Balaban J connectivity index is 1.14. The van der Waals surface area contributed by atoms with Gasteiger partial charge in [-0.25, -0.2) is 22.9 Å². The number of rotatable bonds is 13. The number of carboxylic acid groups (broad SMARTS) is 1. The fraction of sp³-hybridized carbons (Fsp3) is 0.364. The molecule has 2 fully saturated rings. The molecule has 2 saturated heterocycles. The number of anilines is 2. The molecule has 4 aromatic rings. The number of hydrogen-bond donors (Lipinski definition) is 3. The summed E-state index contributed by atoms with van der Waals surface area (Å²) in [6.07, 6.45) is 2.35. The van der Waals surface area contributed by atoms with E-state index in [4.69, 9.17) is 9.84 Å². The predicted molar refractivity (Wildman–Crippen MR) is 177 cm³/mol. The number of carboxylic acids is 1. The van der Waals surface area contributed by atoms with Crippen molar-refractivity contribution < 1.29 is 41.0 Å². The summed E-state index contributed by atoms with van der Waals surface area (Å²) in [7, 11) is -4.34. The SMILES string of the molecule is O=C(O)COCCCN1CCN(c2ccc(-c3cnc4[nH]cc(C(=O)c5c(F)ccc(NS(=O)(=O)N6CC[C@@H](F)C6)c5F)c4c3)cc2)CC1. The maximum absolute atomic E-state index is 15.6. The number of ketones is 1. The third-order valence-corrected chi connectivity index (χ3v) is 10.2. The number of fused-ring (bicyclic) bond motifs is 1. The second-order valence-corrected chi connectivity index (χ2v) is 13.6. The van der Waals surface area contributed by atoms with E-state index in [9.17, 15) is 26.8 Å². The molecule has 0 saturated carbocycles. The van der Waals surface area contributed by atoms with Crippen molar-refractivity contribution in [1.29, 1.82) is 0 Å². The fourth-order valence-electron chi connectivity index (χ4n) is 6.08. The van der Waals surface area contributed by atoms with Crippen LogP contribution in [-0.4, -0.2) is 110 Å². The van der Waals surface area contributed by atoms with Gasteiger partial charge in [0, 0.05) is 87.0 Å². The molecular weight excluding hydrogens is 665 g/mol. The first-order chi connectivity index (χ1) is 23.5. The minimum Gasteiger partial charge on any atom is -0.480 e. The van der Waals surface area contributed by atoms with Gasteiger partial charge in [-0.15, -0.1) is 0 Å². The number of hydrogen-bond acceptors (Lipinski definition) is 8. The van der Waals surface area contributed by atoms with Gasteiger partial charge in [-0.2, -0.15) is 12.7 Å². The number of benzene rings is 2. The van der Waals surface area contributed by atoms with E-state index < -0.39 is 51.0 Å². The van der Waals surface area contributed by atoms with Gasteiger partial charge in [0.1, 0.15) is 24.2 Å². The third-order valence-electron chi connectivity index (χ3n) is 8.69. The van der Waals surface area contributed by atoms with E-state index in [1.54, 1.807) is 12.3 Å². The highest BCUT2D eigenvalue weighted by Gasteiger charge is 2.33. The summed E-state index contributed by atoms with van der Waals surface area (Å²) in [6.45, 7) is 3.84. The molecule has 1 atom stereocenters. The van der Waals surface area contributed by atoms with Crippen molar-refractivity contribution in [1.82, 2.24) is 19.2 Å². The number of nitrogens with one attached hydrogen (secondary N) is 2. The lowest BCUT2D eigenvalue weighted by molar-refractivity contribution is -0.142. The minimum absolute atomic E-state index is 0.00622. The van der Waals surface area contributed by atoms with Crippen LogP contribution in [0, 0.1) is 11.6 Å². The first-order valence-electron chi connectivity index (χ1n) is 15.8. The second-order valence-electron chi connectivity index (χ2n) is 12.0. The van der Waals surface area contributed by atoms with Crippen molar-refractivity contribution >= 4 is 44.4 Å². The van der Waals surface area contributed by atoms with Crippen molar-refractivity contribution in [3.8, 4) is 11.1 Å². The maximum Gasteiger partial charge on any atom is 0.329 e. The van der Waals surface area contributed by atoms with Crippen LogP contribution in [0.15, 0.2) is 54.9 Å². The lowest BCUT2D eigenvalue weighted by Gasteiger charge is -2.36. The summed E-state index contributed by atoms with van der Waals surface area (Å²) in [5, 5.41) is 8.99. The highest BCUT2D eigenvalue weighted by atomic mass is 32.2. The highest BCUT2D eigenvalue weighted by molar-refractivity contribution is 7.90. The molecule has 2 aromatic carbocycles. The molecule has 3 N–H and O–H groups in total. The molecule has 4 heterocycles. The van der Waals surface area contributed by atoms with Gasteiger partial charge in [0.05, 0.1) is 11.3 Å². The van der Waals surface area contributed by atoms with Crippen LogP contribution in [0.5, 0.6) is 0 Å². The molecule has 0 amide bonds. The Labute approximate surface area is 280 Å². The summed E-state index contributed by atoms with van der Waals surface area (Å²) in [4.78, 5) is 36.0. The lowest BCUT2D eigenvalue weighted by Crippen LogP contribution is -2.46. The normalized spacial score (nSPS) is 17.5. The number of aliphatic carboxylic acids is 1. The molecule has 0 radical (unpaired) electrons. The zero-order chi connectivity index (χ0) is 34.7. The number of aromatic amines is 1. The number of aromatic nitrogens is 2. The zero-order valence-electron chi connectivity index (χ0n) is 26.4. The monoisotopic (exact) mass is 700 g/mol. The average molecular weight is 701 g/mol. The quantitative estimate of drug-likeness (QED) is 0.139. The average Bonchev–Trinajstić information content (AvgIpc) is 3.73. The van der Waals surface area contributed by atoms with Gasteiger partial charge in [0.15, 0.2) is 5.82 Å². The van der Waals surface area contributed by atoms with E-state index in [-0.39, 0.29) is 31.7 Å². The second kappa shape index (κ2) is 14.5. The molecule has 2 aliphatic rings. The Morgan fingerprint density at radius 3 is 2.49 bits per heavy atom. The Morgan fingerprint density at radius 1 is 1.04 bits per heavy atom. The topological polar surface area (TPSA) is 148 Å². The molecule has 0 aliphatic carbocycles. The molecule has 260 valence electrons. The Bertz CT molecular complexity index is 1950. The minimum atomic E-state index is -4.34. The smallest absolute Gasteiger partial charge is 0.329 e. The molecule has 0 bridgehead atoms. The van der Waals surface area contributed by atoms with Crippen molar-refractivity contribution in [2.75, 3.05) is 68.6 Å². The number of piperazine rings is 1. The molecule has 16 heteroatoms. The van der Waals surface area contributed by atoms with Crippen molar-refractivity contribution in [3.63, 3.8) is 0 Å². The number of alkyl halides is 1. The van der Waals surface area contributed by atoms with E-state index in [2.05, 4.69) is 19.8 Å². The summed E-state index contributed by atoms with van der Waals surface area (Å²) in [6, 6.07) is 11.2. The van der Waals surface area contributed by atoms with E-state index in [0.717, 1.165) is 66.8 Å². The molecule has 0 unspecified atom stereocenters. The van der Waals surface area contributed by atoms with Crippen LogP contribution in [0.3, 0.4) is 0 Å². The van der Waals surface area contributed by atoms with E-state index in [1.807, 2.05) is 29.0 Å². The van der Waals surface area contributed by atoms with Crippen LogP contribution in [-0.2, 0) is 19.7 Å². The molecule has 2 aromatic heterocycles. The van der Waals surface area contributed by atoms with Gasteiger partial charge in [0.2, 0.25) is 5.78 Å². The van der Waals surface area contributed by atoms with Crippen LogP contribution in [0.2, 0.25) is 0 Å². The first kappa shape index (κ1) is 34.4. The number of pyridine rings is 1. The number of H-pyrrole nitrogens is 1. The first-order valence-corrected chi connectivity index (χ1v) is 17.2. The Morgan fingerprint density at radius 2 is 1.80 bits per heavy atom. The molecule has 49 heavy (non-hydrogen) atoms. The number of carbonyl (C=O) groups excluding carboxylic acids is 1. The summed E-state index contributed by atoms with van der Waals surface area (Å²) < 4.78 is 77.5. The van der Waals surface area contributed by atoms with E-state index in [1.165, 1.54) is 6.20 Å². The summed E-state index contributed by atoms with van der Waals surface area (Å²) >= 11 is 0. The molecule has 0 spiro atoms. The summed E-state index contributed by atoms with van der Waals surface area (Å²) in [5.74, 6) is -4.54. The predicted octanol–water partition coefficient (Wildman–Crippen LogP) is 4.05. The van der Waals surface area contributed by atoms with Crippen molar-refractivity contribution in [2.45, 2.75) is 19.0 Å². The Kier molecular flexibility index (Phi) is 10.2. The number of carbonyl (C=O) groups is 2. The van der Waals surface area contributed by atoms with Gasteiger partial charge in [-0.3, -0.25) is 14.4 Å². The third kappa shape index (κ3) is 7.72. The number of nitrogens with zero attached hydrogens (tertiary/aromatic N) is 4. The van der Waals surface area contributed by atoms with Crippen LogP contribution in [0.4, 0.5) is 24.5 Å².